The van der Waals surface area contributed by atoms with E-state index in [0.29, 0.717) is 30.8 Å². The van der Waals surface area contributed by atoms with Crippen LogP contribution in [-0.2, 0) is 13.0 Å². The van der Waals surface area contributed by atoms with Gasteiger partial charge in [0.25, 0.3) is 5.91 Å². The Morgan fingerprint density at radius 1 is 1.21 bits per heavy atom. The van der Waals surface area contributed by atoms with Gasteiger partial charge in [-0.15, -0.1) is 0 Å². The molecule has 1 saturated heterocycles. The number of hydrogen-bond acceptors (Lipinski definition) is 4. The second kappa shape index (κ2) is 7.84. The fourth-order valence-corrected chi connectivity index (χ4v) is 5.61. The summed E-state index contributed by atoms with van der Waals surface area (Å²) in [5, 5.41) is 3.11. The van der Waals surface area contributed by atoms with Crippen molar-refractivity contribution in [1.82, 2.24) is 15.2 Å². The maximum Gasteiger partial charge on any atom is 0.325 e. The van der Waals surface area contributed by atoms with E-state index in [4.69, 9.17) is 4.74 Å². The minimum Gasteiger partial charge on any atom is -0.467 e. The van der Waals surface area contributed by atoms with Gasteiger partial charge in [0.05, 0.1) is 11.7 Å². The number of ether oxygens (including phenoxy) is 1. The van der Waals surface area contributed by atoms with Gasteiger partial charge in [-0.05, 0) is 55.0 Å². The molecule has 2 aromatic carbocycles. The van der Waals surface area contributed by atoms with Gasteiger partial charge in [0.15, 0.2) is 5.72 Å². The Morgan fingerprint density at radius 3 is 2.97 bits per heavy atom. The van der Waals surface area contributed by atoms with Crippen LogP contribution in [0.15, 0.2) is 65.3 Å². The first-order valence-corrected chi connectivity index (χ1v) is 12.1. The van der Waals surface area contributed by atoms with Gasteiger partial charge in [0.2, 0.25) is 0 Å². The van der Waals surface area contributed by atoms with Crippen LogP contribution in [0.5, 0.6) is 5.75 Å². The molecular weight excluding hydrogens is 496 g/mol. The third-order valence-electron chi connectivity index (χ3n) is 6.84. The monoisotopic (exact) mass is 518 g/mol. The molecule has 1 N–H and O–H groups in total. The predicted octanol–water partition coefficient (Wildman–Crippen LogP) is 4.81. The molecule has 0 radical (unpaired) electrons. The molecule has 6 rings (SSSR count). The molecule has 2 bridgehead atoms. The van der Waals surface area contributed by atoms with Crippen molar-refractivity contribution in [2.75, 3.05) is 11.4 Å². The molecule has 1 aromatic heterocycles. The van der Waals surface area contributed by atoms with Crippen LogP contribution in [0.1, 0.15) is 46.6 Å². The Labute approximate surface area is 205 Å². The van der Waals surface area contributed by atoms with E-state index in [1.165, 1.54) is 0 Å². The van der Waals surface area contributed by atoms with Gasteiger partial charge < -0.3 is 15.0 Å². The van der Waals surface area contributed by atoms with Crippen LogP contribution >= 0.6 is 15.9 Å². The Bertz CT molecular complexity index is 1330. The molecule has 1 fully saturated rings. The molecule has 0 saturated carbocycles. The number of nitrogens with zero attached hydrogens (tertiary/aromatic N) is 3. The number of anilines is 1. The summed E-state index contributed by atoms with van der Waals surface area (Å²) in [5.41, 5.74) is 3.39. The van der Waals surface area contributed by atoms with Crippen molar-refractivity contribution >= 4 is 33.6 Å². The zero-order valence-corrected chi connectivity index (χ0v) is 20.2. The van der Waals surface area contributed by atoms with E-state index >= 15 is 0 Å². The highest BCUT2D eigenvalue weighted by atomic mass is 79.9. The summed E-state index contributed by atoms with van der Waals surface area (Å²) in [4.78, 5) is 34.5. The summed E-state index contributed by atoms with van der Waals surface area (Å²) in [7, 11) is 0. The fourth-order valence-electron chi connectivity index (χ4n) is 5.24. The van der Waals surface area contributed by atoms with Crippen LogP contribution in [0.25, 0.3) is 0 Å². The maximum atomic E-state index is 13.4. The van der Waals surface area contributed by atoms with Crippen molar-refractivity contribution in [1.29, 1.82) is 0 Å². The van der Waals surface area contributed by atoms with Gasteiger partial charge in [-0.2, -0.15) is 0 Å². The SMILES string of the molecule is CC12CC(NC(=O)N1c1cccc(C(=O)N3CCc4ncccc4C3)c1)c1cc(Br)ccc1O2. The average molecular weight is 519 g/mol. The van der Waals surface area contributed by atoms with Crippen molar-refractivity contribution < 1.29 is 14.3 Å². The molecule has 3 aliphatic rings. The topological polar surface area (TPSA) is 74.8 Å². The largest absolute Gasteiger partial charge is 0.467 e. The number of fused-ring (bicyclic) bond motifs is 5. The van der Waals surface area contributed by atoms with Gasteiger partial charge in [-0.3, -0.25) is 14.7 Å². The first-order valence-electron chi connectivity index (χ1n) is 11.3. The van der Waals surface area contributed by atoms with Crippen LogP contribution in [-0.4, -0.2) is 34.1 Å². The summed E-state index contributed by atoms with van der Waals surface area (Å²) in [6.45, 7) is 3.07. The quantitative estimate of drug-likeness (QED) is 0.528. The van der Waals surface area contributed by atoms with E-state index in [2.05, 4.69) is 26.2 Å². The fraction of sp³-hybridized carbons (Fsp3) is 0.269. The summed E-state index contributed by atoms with van der Waals surface area (Å²) in [6.07, 6.45) is 3.12. The summed E-state index contributed by atoms with van der Waals surface area (Å²) >= 11 is 3.50. The summed E-state index contributed by atoms with van der Waals surface area (Å²) in [5.74, 6) is 0.691. The number of aromatic nitrogens is 1. The lowest BCUT2D eigenvalue weighted by molar-refractivity contribution is 0.0377. The maximum absolute atomic E-state index is 13.4. The minimum absolute atomic E-state index is 0.0587. The molecular formula is C26H23BrN4O3. The molecule has 0 spiro atoms. The third kappa shape index (κ3) is 3.44. The Balaban J connectivity index is 1.30. The lowest BCUT2D eigenvalue weighted by atomic mass is 9.90. The Kier molecular flexibility index (Phi) is 4.88. The van der Waals surface area contributed by atoms with E-state index in [-0.39, 0.29) is 18.0 Å². The smallest absolute Gasteiger partial charge is 0.325 e. The molecule has 8 heteroatoms. The van der Waals surface area contributed by atoms with Crippen LogP contribution in [0.2, 0.25) is 0 Å². The van der Waals surface area contributed by atoms with Crippen LogP contribution in [0.4, 0.5) is 10.5 Å². The predicted molar refractivity (Wildman–Crippen MR) is 131 cm³/mol. The van der Waals surface area contributed by atoms with Gasteiger partial charge in [0.1, 0.15) is 5.75 Å². The number of benzene rings is 2. The number of carbonyl (C=O) groups excluding carboxylic acids is 2. The highest BCUT2D eigenvalue weighted by Crippen LogP contribution is 2.46. The van der Waals surface area contributed by atoms with Crippen molar-refractivity contribution in [3.63, 3.8) is 0 Å². The number of carbonyl (C=O) groups is 2. The minimum atomic E-state index is -0.870. The molecule has 2 unspecified atom stereocenters. The highest BCUT2D eigenvalue weighted by Gasteiger charge is 2.50. The van der Waals surface area contributed by atoms with Crippen molar-refractivity contribution in [3.05, 3.63) is 87.7 Å². The number of nitrogens with one attached hydrogen (secondary N) is 1. The lowest BCUT2D eigenvalue weighted by Crippen LogP contribution is -2.65. The lowest BCUT2D eigenvalue weighted by Gasteiger charge is -2.50. The van der Waals surface area contributed by atoms with E-state index in [1.807, 2.05) is 54.3 Å². The van der Waals surface area contributed by atoms with Crippen molar-refractivity contribution in [3.8, 4) is 5.75 Å². The summed E-state index contributed by atoms with van der Waals surface area (Å²) < 4.78 is 7.32. The number of rotatable bonds is 2. The Hall–Kier alpha value is -3.39. The first kappa shape index (κ1) is 21.2. The molecule has 172 valence electrons. The number of pyridine rings is 1. The van der Waals surface area contributed by atoms with Gasteiger partial charge in [-0.1, -0.05) is 28.1 Å². The van der Waals surface area contributed by atoms with Crippen LogP contribution < -0.4 is 15.0 Å². The van der Waals surface area contributed by atoms with Crippen LogP contribution in [0.3, 0.4) is 0 Å². The second-order valence-electron chi connectivity index (χ2n) is 9.14. The molecule has 3 aliphatic heterocycles. The van der Waals surface area contributed by atoms with E-state index in [9.17, 15) is 9.59 Å². The molecule has 0 aliphatic carbocycles. The summed E-state index contributed by atoms with van der Waals surface area (Å²) in [6, 6.07) is 16.6. The first-order chi connectivity index (χ1) is 16.4. The number of hydrogen-bond donors (Lipinski definition) is 1. The van der Waals surface area contributed by atoms with E-state index in [1.54, 1.807) is 23.2 Å². The number of halogens is 1. The average Bonchev–Trinajstić information content (AvgIpc) is 2.83. The van der Waals surface area contributed by atoms with E-state index in [0.717, 1.165) is 33.5 Å². The number of amides is 3. The molecule has 3 amide bonds. The molecule has 34 heavy (non-hydrogen) atoms. The van der Waals surface area contributed by atoms with Crippen LogP contribution in [0, 0.1) is 0 Å². The number of urea groups is 1. The highest BCUT2D eigenvalue weighted by molar-refractivity contribution is 9.10. The zero-order valence-electron chi connectivity index (χ0n) is 18.6. The normalized spacial score (nSPS) is 22.9. The second-order valence-corrected chi connectivity index (χ2v) is 10.1. The molecule has 7 nitrogen and oxygen atoms in total. The van der Waals surface area contributed by atoms with Crippen molar-refractivity contribution in [2.45, 2.75) is 38.1 Å². The van der Waals surface area contributed by atoms with Gasteiger partial charge >= 0.3 is 6.03 Å². The standard InChI is InChI=1S/C26H23BrN4O3/c1-26-14-22(20-13-18(27)7-8-23(20)34-26)29-25(33)31(26)19-6-2-4-16(12-19)24(32)30-11-9-21-17(15-30)5-3-10-28-21/h2-8,10,12-13,22H,9,11,14-15H2,1H3,(H,29,33). The molecule has 2 atom stereocenters. The van der Waals surface area contributed by atoms with Crippen molar-refractivity contribution in [2.24, 2.45) is 0 Å². The zero-order chi connectivity index (χ0) is 23.4. The van der Waals surface area contributed by atoms with Gasteiger partial charge in [0, 0.05) is 53.4 Å². The molecule has 4 heterocycles. The van der Waals surface area contributed by atoms with Gasteiger partial charge in [-0.25, -0.2) is 4.79 Å². The Morgan fingerprint density at radius 2 is 2.09 bits per heavy atom. The molecule has 3 aromatic rings. The van der Waals surface area contributed by atoms with E-state index < -0.39 is 5.72 Å². The third-order valence-corrected chi connectivity index (χ3v) is 7.33.